The van der Waals surface area contributed by atoms with Gasteiger partial charge in [-0.1, -0.05) is 57.9 Å². The Morgan fingerprint density at radius 1 is 0.783 bits per heavy atom. The number of allylic oxidation sites excluding steroid dienone is 1. The predicted molar refractivity (Wildman–Crippen MR) is 98.5 cm³/mol. The summed E-state index contributed by atoms with van der Waals surface area (Å²) >= 11 is 0. The van der Waals surface area contributed by atoms with Crippen molar-refractivity contribution in [3.8, 4) is 0 Å². The van der Waals surface area contributed by atoms with Crippen LogP contribution in [0.2, 0.25) is 0 Å². The molecular formula is C20H40O3. The SMILES string of the molecule is CC=COCCC(CCCCCCCCC)C(OCC)OCC. The summed E-state index contributed by atoms with van der Waals surface area (Å²) in [5.41, 5.74) is 0. The van der Waals surface area contributed by atoms with E-state index in [-0.39, 0.29) is 6.29 Å². The first-order chi connectivity index (χ1) is 11.3. The van der Waals surface area contributed by atoms with Gasteiger partial charge in [-0.2, -0.15) is 0 Å². The normalized spacial score (nSPS) is 13.1. The number of hydrogen-bond donors (Lipinski definition) is 0. The summed E-state index contributed by atoms with van der Waals surface area (Å²) in [5, 5.41) is 0. The molecule has 0 aromatic heterocycles. The Morgan fingerprint density at radius 3 is 1.96 bits per heavy atom. The van der Waals surface area contributed by atoms with Crippen molar-refractivity contribution in [2.75, 3.05) is 19.8 Å². The quantitative estimate of drug-likeness (QED) is 0.184. The van der Waals surface area contributed by atoms with Crippen LogP contribution in [0.3, 0.4) is 0 Å². The highest BCUT2D eigenvalue weighted by Crippen LogP contribution is 2.22. The van der Waals surface area contributed by atoms with Gasteiger partial charge >= 0.3 is 0 Å². The van der Waals surface area contributed by atoms with E-state index in [9.17, 15) is 0 Å². The first-order valence-electron chi connectivity index (χ1n) is 9.75. The molecule has 3 nitrogen and oxygen atoms in total. The maximum atomic E-state index is 5.82. The average Bonchev–Trinajstić information content (AvgIpc) is 2.56. The number of hydrogen-bond acceptors (Lipinski definition) is 3. The first-order valence-corrected chi connectivity index (χ1v) is 9.75. The first kappa shape index (κ1) is 22.5. The Balaban J connectivity index is 4.12. The Hall–Kier alpha value is -0.540. The van der Waals surface area contributed by atoms with E-state index in [1.165, 1.54) is 44.9 Å². The number of ether oxygens (including phenoxy) is 3. The van der Waals surface area contributed by atoms with Crippen LogP contribution in [-0.4, -0.2) is 26.1 Å². The second kappa shape index (κ2) is 17.8. The fourth-order valence-electron chi connectivity index (χ4n) is 2.81. The molecule has 0 bridgehead atoms. The van der Waals surface area contributed by atoms with E-state index in [0.717, 1.165) is 19.4 Å². The topological polar surface area (TPSA) is 27.7 Å². The Kier molecular flexibility index (Phi) is 17.4. The summed E-state index contributed by atoms with van der Waals surface area (Å²) in [7, 11) is 0. The van der Waals surface area contributed by atoms with E-state index in [4.69, 9.17) is 14.2 Å². The van der Waals surface area contributed by atoms with Crippen LogP contribution >= 0.6 is 0 Å². The minimum absolute atomic E-state index is 0.0840. The van der Waals surface area contributed by atoms with Gasteiger partial charge in [0.05, 0.1) is 12.9 Å². The number of rotatable bonds is 17. The summed E-state index contributed by atoms with van der Waals surface area (Å²) in [5.74, 6) is 0.427. The third-order valence-electron chi connectivity index (χ3n) is 4.06. The van der Waals surface area contributed by atoms with Gasteiger partial charge in [0.1, 0.15) is 0 Å². The maximum Gasteiger partial charge on any atom is 0.160 e. The van der Waals surface area contributed by atoms with Gasteiger partial charge in [-0.05, 0) is 33.6 Å². The molecule has 0 rings (SSSR count). The molecule has 0 aliphatic heterocycles. The highest BCUT2D eigenvalue weighted by molar-refractivity contribution is 4.68. The minimum atomic E-state index is -0.0840. The molecule has 1 atom stereocenters. The molecule has 0 aromatic rings. The summed E-state index contributed by atoms with van der Waals surface area (Å²) in [6, 6.07) is 0. The van der Waals surface area contributed by atoms with Crippen molar-refractivity contribution in [3.63, 3.8) is 0 Å². The summed E-state index contributed by atoms with van der Waals surface area (Å²) < 4.78 is 17.1. The lowest BCUT2D eigenvalue weighted by molar-refractivity contribution is -0.171. The minimum Gasteiger partial charge on any atom is -0.502 e. The van der Waals surface area contributed by atoms with Crippen LogP contribution in [0, 0.1) is 5.92 Å². The van der Waals surface area contributed by atoms with Crippen molar-refractivity contribution >= 4 is 0 Å². The predicted octanol–water partition coefficient (Wildman–Crippen LogP) is 6.08. The van der Waals surface area contributed by atoms with Gasteiger partial charge in [-0.25, -0.2) is 0 Å². The summed E-state index contributed by atoms with van der Waals surface area (Å²) in [6.07, 6.45) is 15.2. The van der Waals surface area contributed by atoms with Gasteiger partial charge < -0.3 is 14.2 Å². The fraction of sp³-hybridized carbons (Fsp3) is 0.900. The molecule has 0 N–H and O–H groups in total. The highest BCUT2D eigenvalue weighted by Gasteiger charge is 2.21. The van der Waals surface area contributed by atoms with Crippen molar-refractivity contribution in [1.82, 2.24) is 0 Å². The van der Waals surface area contributed by atoms with Crippen LogP contribution in [0.15, 0.2) is 12.3 Å². The molecule has 0 radical (unpaired) electrons. The molecule has 0 aliphatic carbocycles. The van der Waals surface area contributed by atoms with Gasteiger partial charge in [-0.3, -0.25) is 0 Å². The molecule has 3 heteroatoms. The lowest BCUT2D eigenvalue weighted by Crippen LogP contribution is -2.28. The van der Waals surface area contributed by atoms with E-state index in [1.54, 1.807) is 6.26 Å². The molecular weight excluding hydrogens is 288 g/mol. The summed E-state index contributed by atoms with van der Waals surface area (Å²) in [6.45, 7) is 10.4. The molecule has 1 unspecified atom stereocenters. The molecule has 0 spiro atoms. The van der Waals surface area contributed by atoms with E-state index in [0.29, 0.717) is 19.1 Å². The molecule has 0 saturated carbocycles. The van der Waals surface area contributed by atoms with Crippen LogP contribution in [0.4, 0.5) is 0 Å². The third kappa shape index (κ3) is 13.6. The van der Waals surface area contributed by atoms with Crippen molar-refractivity contribution < 1.29 is 14.2 Å². The van der Waals surface area contributed by atoms with E-state index in [2.05, 4.69) is 6.92 Å². The Bertz CT molecular complexity index is 247. The smallest absolute Gasteiger partial charge is 0.160 e. The summed E-state index contributed by atoms with van der Waals surface area (Å²) in [4.78, 5) is 0. The largest absolute Gasteiger partial charge is 0.502 e. The zero-order valence-electron chi connectivity index (χ0n) is 16.0. The van der Waals surface area contributed by atoms with Crippen LogP contribution in [-0.2, 0) is 14.2 Å². The molecule has 0 aromatic carbocycles. The third-order valence-corrected chi connectivity index (χ3v) is 4.06. The molecule has 138 valence electrons. The van der Waals surface area contributed by atoms with Crippen LogP contribution in [0.25, 0.3) is 0 Å². The van der Waals surface area contributed by atoms with Crippen molar-refractivity contribution in [1.29, 1.82) is 0 Å². The molecule has 0 fully saturated rings. The zero-order valence-corrected chi connectivity index (χ0v) is 16.0. The molecule has 0 saturated heterocycles. The van der Waals surface area contributed by atoms with Gasteiger partial charge in [0.15, 0.2) is 6.29 Å². The molecule has 0 aliphatic rings. The lowest BCUT2D eigenvalue weighted by atomic mass is 9.96. The molecule has 23 heavy (non-hydrogen) atoms. The standard InChI is InChI=1S/C20H40O3/c1-5-9-10-11-12-13-14-15-19(16-18-21-17-6-2)20(22-7-3)23-8-4/h6,17,19-20H,5,7-16,18H2,1-4H3. The Morgan fingerprint density at radius 2 is 1.39 bits per heavy atom. The lowest BCUT2D eigenvalue weighted by Gasteiger charge is -2.26. The Labute approximate surface area is 144 Å². The second-order valence-electron chi connectivity index (χ2n) is 6.08. The number of unbranched alkanes of at least 4 members (excludes halogenated alkanes) is 6. The van der Waals surface area contributed by atoms with Gasteiger partial charge in [0.25, 0.3) is 0 Å². The molecule has 0 amide bonds. The van der Waals surface area contributed by atoms with E-state index >= 15 is 0 Å². The van der Waals surface area contributed by atoms with Gasteiger partial charge in [0.2, 0.25) is 0 Å². The molecule has 0 heterocycles. The fourth-order valence-corrected chi connectivity index (χ4v) is 2.81. The van der Waals surface area contributed by atoms with Crippen molar-refractivity contribution in [3.05, 3.63) is 12.3 Å². The van der Waals surface area contributed by atoms with Crippen LogP contribution in [0.5, 0.6) is 0 Å². The van der Waals surface area contributed by atoms with Crippen LogP contribution in [0.1, 0.15) is 85.5 Å². The van der Waals surface area contributed by atoms with E-state index in [1.807, 2.05) is 26.8 Å². The van der Waals surface area contributed by atoms with E-state index < -0.39 is 0 Å². The van der Waals surface area contributed by atoms with Gasteiger partial charge in [0, 0.05) is 19.1 Å². The van der Waals surface area contributed by atoms with Crippen LogP contribution < -0.4 is 0 Å². The van der Waals surface area contributed by atoms with Crippen molar-refractivity contribution in [2.24, 2.45) is 5.92 Å². The monoisotopic (exact) mass is 328 g/mol. The van der Waals surface area contributed by atoms with Gasteiger partial charge in [-0.15, -0.1) is 0 Å². The zero-order chi connectivity index (χ0) is 17.2. The highest BCUT2D eigenvalue weighted by atomic mass is 16.7. The van der Waals surface area contributed by atoms with Crippen molar-refractivity contribution in [2.45, 2.75) is 91.8 Å². The maximum absolute atomic E-state index is 5.82. The second-order valence-corrected chi connectivity index (χ2v) is 6.08. The average molecular weight is 329 g/mol.